The van der Waals surface area contributed by atoms with Crippen molar-refractivity contribution in [2.75, 3.05) is 30.3 Å². The Morgan fingerprint density at radius 3 is 2.67 bits per heavy atom. The number of rotatable bonds is 12. The van der Waals surface area contributed by atoms with E-state index < -0.39 is 22.0 Å². The lowest BCUT2D eigenvalue weighted by Gasteiger charge is -2.23. The van der Waals surface area contributed by atoms with Gasteiger partial charge >= 0.3 is 5.97 Å². The molecule has 7 nitrogen and oxygen atoms in total. The van der Waals surface area contributed by atoms with E-state index in [2.05, 4.69) is 5.32 Å². The second-order valence-corrected chi connectivity index (χ2v) is 10.3. The maximum Gasteiger partial charge on any atom is 0.304 e. The Morgan fingerprint density at radius 1 is 1.29 bits per heavy atom. The fourth-order valence-corrected chi connectivity index (χ4v) is 6.13. The topological polar surface area (TPSA) is 104 Å². The van der Waals surface area contributed by atoms with Gasteiger partial charge < -0.3 is 10.4 Å². The minimum Gasteiger partial charge on any atom is -0.481 e. The number of carboxylic acids is 1. The summed E-state index contributed by atoms with van der Waals surface area (Å²) in [6.07, 6.45) is 2.82. The zero-order valence-electron chi connectivity index (χ0n) is 13.9. The standard InChI is InChI=1S/C14H26N2O5S3/c1-2-3-11-24(20,21)16-8-4-5-12(16)14(19)15-7-10-23-22-9-6-13(17)18/h12H,2-11H2,1H3,(H,15,19)(H,17,18). The van der Waals surface area contributed by atoms with Crippen LogP contribution in [0.4, 0.5) is 0 Å². The molecule has 0 aromatic heterocycles. The van der Waals surface area contributed by atoms with Gasteiger partial charge in [-0.25, -0.2) is 8.42 Å². The average molecular weight is 399 g/mol. The molecular weight excluding hydrogens is 372 g/mol. The number of hydrogen-bond donors (Lipinski definition) is 2. The van der Waals surface area contributed by atoms with Crippen molar-refractivity contribution in [2.45, 2.75) is 45.1 Å². The monoisotopic (exact) mass is 398 g/mol. The average Bonchev–Trinajstić information content (AvgIpc) is 3.02. The number of unbranched alkanes of at least 4 members (excludes halogenated alkanes) is 1. The summed E-state index contributed by atoms with van der Waals surface area (Å²) in [5.41, 5.74) is 0. The molecule has 24 heavy (non-hydrogen) atoms. The number of carbonyl (C=O) groups is 2. The fraction of sp³-hybridized carbons (Fsp3) is 0.857. The van der Waals surface area contributed by atoms with Gasteiger partial charge in [0.25, 0.3) is 0 Å². The molecule has 2 N–H and O–H groups in total. The lowest BCUT2D eigenvalue weighted by Crippen LogP contribution is -2.47. The normalized spacial score (nSPS) is 18.6. The largest absolute Gasteiger partial charge is 0.481 e. The van der Waals surface area contributed by atoms with Crippen molar-refractivity contribution in [3.05, 3.63) is 0 Å². The van der Waals surface area contributed by atoms with E-state index in [1.165, 1.54) is 25.9 Å². The molecule has 140 valence electrons. The molecule has 1 atom stereocenters. The van der Waals surface area contributed by atoms with E-state index in [-0.39, 0.29) is 18.1 Å². The number of amides is 1. The molecule has 0 saturated carbocycles. The van der Waals surface area contributed by atoms with E-state index >= 15 is 0 Å². The van der Waals surface area contributed by atoms with Crippen LogP contribution < -0.4 is 5.32 Å². The van der Waals surface area contributed by atoms with Crippen LogP contribution in [0.1, 0.15) is 39.0 Å². The Labute approximate surface area is 151 Å². The molecule has 1 rings (SSSR count). The second-order valence-electron chi connectivity index (χ2n) is 5.52. The van der Waals surface area contributed by atoms with E-state index in [0.29, 0.717) is 43.9 Å². The maximum absolute atomic E-state index is 12.3. The third-order valence-corrected chi connectivity index (χ3v) is 7.95. The van der Waals surface area contributed by atoms with Gasteiger partial charge in [-0.1, -0.05) is 34.9 Å². The van der Waals surface area contributed by atoms with E-state index in [1.54, 1.807) is 0 Å². The van der Waals surface area contributed by atoms with Gasteiger partial charge in [0, 0.05) is 24.6 Å². The first kappa shape index (κ1) is 21.6. The van der Waals surface area contributed by atoms with Crippen LogP contribution in [0.25, 0.3) is 0 Å². The Morgan fingerprint density at radius 2 is 2.00 bits per heavy atom. The summed E-state index contributed by atoms with van der Waals surface area (Å²) >= 11 is 0. The van der Waals surface area contributed by atoms with Gasteiger partial charge in [-0.2, -0.15) is 4.31 Å². The van der Waals surface area contributed by atoms with E-state index in [0.717, 1.165) is 6.42 Å². The third kappa shape index (κ3) is 7.62. The number of carbonyl (C=O) groups excluding carboxylic acids is 1. The second kappa shape index (κ2) is 11.2. The first-order chi connectivity index (χ1) is 11.4. The molecule has 0 spiro atoms. The molecule has 1 heterocycles. The first-order valence-corrected chi connectivity index (χ1v) is 12.2. The molecule has 1 fully saturated rings. The van der Waals surface area contributed by atoms with Crippen molar-refractivity contribution in [1.29, 1.82) is 0 Å². The molecular formula is C14H26N2O5S3. The summed E-state index contributed by atoms with van der Waals surface area (Å²) in [5.74, 6) is 0.236. The zero-order valence-corrected chi connectivity index (χ0v) is 16.4. The minimum atomic E-state index is -3.36. The molecule has 0 aromatic carbocycles. The Kier molecular flexibility index (Phi) is 10.1. The highest BCUT2D eigenvalue weighted by Gasteiger charge is 2.37. The molecule has 1 amide bonds. The molecule has 1 aliphatic heterocycles. The highest BCUT2D eigenvalue weighted by molar-refractivity contribution is 8.76. The van der Waals surface area contributed by atoms with Crippen LogP contribution in [0.5, 0.6) is 0 Å². The number of nitrogens with one attached hydrogen (secondary N) is 1. The minimum absolute atomic E-state index is 0.101. The van der Waals surface area contributed by atoms with E-state index in [1.807, 2.05) is 6.92 Å². The number of nitrogens with zero attached hydrogens (tertiary/aromatic N) is 1. The number of sulfonamides is 1. The number of hydrogen-bond acceptors (Lipinski definition) is 6. The molecule has 0 aliphatic carbocycles. The van der Waals surface area contributed by atoms with Gasteiger partial charge in [0.05, 0.1) is 12.2 Å². The summed E-state index contributed by atoms with van der Waals surface area (Å²) in [6.45, 7) is 2.81. The van der Waals surface area contributed by atoms with Crippen LogP contribution >= 0.6 is 21.6 Å². The Hall–Kier alpha value is -0.450. The predicted octanol–water partition coefficient (Wildman–Crippen LogP) is 1.55. The summed E-state index contributed by atoms with van der Waals surface area (Å²) < 4.78 is 26.0. The van der Waals surface area contributed by atoms with Crippen LogP contribution in [-0.4, -0.2) is 66.1 Å². The Bertz CT molecular complexity index is 513. The van der Waals surface area contributed by atoms with Crippen molar-refractivity contribution in [2.24, 2.45) is 0 Å². The quantitative estimate of drug-likeness (QED) is 0.380. The van der Waals surface area contributed by atoms with Crippen molar-refractivity contribution in [1.82, 2.24) is 9.62 Å². The lowest BCUT2D eigenvalue weighted by atomic mass is 10.2. The molecule has 0 bridgehead atoms. The van der Waals surface area contributed by atoms with Gasteiger partial charge in [0.1, 0.15) is 6.04 Å². The molecule has 0 aromatic rings. The molecule has 1 saturated heterocycles. The fourth-order valence-electron chi connectivity index (χ4n) is 2.36. The van der Waals surface area contributed by atoms with Crippen LogP contribution in [0, 0.1) is 0 Å². The maximum atomic E-state index is 12.3. The SMILES string of the molecule is CCCCS(=O)(=O)N1CCCC1C(=O)NCCSSCCC(=O)O. The van der Waals surface area contributed by atoms with Gasteiger partial charge in [-0.3, -0.25) is 9.59 Å². The number of carboxylic acid groups (broad SMARTS) is 1. The van der Waals surface area contributed by atoms with Crippen LogP contribution in [0.2, 0.25) is 0 Å². The highest BCUT2D eigenvalue weighted by atomic mass is 33.1. The van der Waals surface area contributed by atoms with E-state index in [4.69, 9.17) is 5.11 Å². The molecule has 0 radical (unpaired) electrons. The smallest absolute Gasteiger partial charge is 0.304 e. The lowest BCUT2D eigenvalue weighted by molar-refractivity contribution is -0.136. The van der Waals surface area contributed by atoms with Crippen LogP contribution in [0.3, 0.4) is 0 Å². The molecule has 1 unspecified atom stereocenters. The molecule has 10 heteroatoms. The zero-order chi connectivity index (χ0) is 18.0. The first-order valence-electron chi connectivity index (χ1n) is 8.12. The number of aliphatic carboxylic acids is 1. The van der Waals surface area contributed by atoms with E-state index in [9.17, 15) is 18.0 Å². The summed E-state index contributed by atoms with van der Waals surface area (Å²) in [6, 6.07) is -0.587. The van der Waals surface area contributed by atoms with Crippen LogP contribution in [0.15, 0.2) is 0 Å². The summed E-state index contributed by atoms with van der Waals surface area (Å²) in [4.78, 5) is 22.6. The van der Waals surface area contributed by atoms with Gasteiger partial charge in [-0.15, -0.1) is 0 Å². The third-order valence-electron chi connectivity index (χ3n) is 3.59. The summed E-state index contributed by atoms with van der Waals surface area (Å²) in [7, 11) is -0.398. The van der Waals surface area contributed by atoms with Gasteiger partial charge in [-0.05, 0) is 19.3 Å². The highest BCUT2D eigenvalue weighted by Crippen LogP contribution is 2.23. The van der Waals surface area contributed by atoms with Crippen LogP contribution in [-0.2, 0) is 19.6 Å². The Balaban J connectivity index is 2.32. The van der Waals surface area contributed by atoms with Crippen molar-refractivity contribution >= 4 is 43.5 Å². The summed E-state index contributed by atoms with van der Waals surface area (Å²) in [5, 5.41) is 11.3. The molecule has 1 aliphatic rings. The van der Waals surface area contributed by atoms with Gasteiger partial charge in [0.2, 0.25) is 15.9 Å². The van der Waals surface area contributed by atoms with Crippen molar-refractivity contribution < 1.29 is 23.1 Å². The van der Waals surface area contributed by atoms with Gasteiger partial charge in [0.15, 0.2) is 0 Å². The van der Waals surface area contributed by atoms with Crippen molar-refractivity contribution in [3.8, 4) is 0 Å². The predicted molar refractivity (Wildman–Crippen MR) is 98.6 cm³/mol. The van der Waals surface area contributed by atoms with Crippen molar-refractivity contribution in [3.63, 3.8) is 0 Å².